The minimum atomic E-state index is -0.176. The van der Waals surface area contributed by atoms with E-state index in [1.807, 2.05) is 35.0 Å². The molecule has 1 aromatic heterocycles. The van der Waals surface area contributed by atoms with Crippen LogP contribution in [0.1, 0.15) is 55.7 Å². The molecule has 2 aromatic rings. The fourth-order valence-electron chi connectivity index (χ4n) is 4.31. The fraction of sp³-hybridized carbons (Fsp3) is 0.364. The van der Waals surface area contributed by atoms with Crippen molar-refractivity contribution in [3.8, 4) is 17.1 Å². The van der Waals surface area contributed by atoms with Crippen LogP contribution in [0.2, 0.25) is 0 Å². The lowest BCUT2D eigenvalue weighted by Gasteiger charge is -2.14. The molecule has 29 heavy (non-hydrogen) atoms. The number of aromatic amines is 1. The second-order valence-corrected chi connectivity index (χ2v) is 7.71. The lowest BCUT2D eigenvalue weighted by atomic mass is 10.1. The van der Waals surface area contributed by atoms with E-state index < -0.39 is 0 Å². The van der Waals surface area contributed by atoms with Crippen molar-refractivity contribution in [1.82, 2.24) is 29.3 Å². The molecule has 148 valence electrons. The summed E-state index contributed by atoms with van der Waals surface area (Å²) in [5.41, 5.74) is 3.53. The van der Waals surface area contributed by atoms with Crippen molar-refractivity contribution >= 4 is 0 Å². The van der Waals surface area contributed by atoms with Crippen molar-refractivity contribution in [1.29, 1.82) is 0 Å². The van der Waals surface area contributed by atoms with Crippen LogP contribution < -0.4 is 5.56 Å². The van der Waals surface area contributed by atoms with Crippen molar-refractivity contribution in [3.63, 3.8) is 0 Å². The molecule has 3 heterocycles. The molecule has 5 rings (SSSR count). The number of aryl methyl sites for hydroxylation is 1. The van der Waals surface area contributed by atoms with E-state index in [1.165, 1.54) is 12.8 Å². The lowest BCUT2D eigenvalue weighted by molar-refractivity contribution is 0.464. The molecule has 0 radical (unpaired) electrons. The third-order valence-corrected chi connectivity index (χ3v) is 5.83. The number of aromatic nitrogens is 6. The van der Waals surface area contributed by atoms with Crippen LogP contribution >= 0.6 is 0 Å². The summed E-state index contributed by atoms with van der Waals surface area (Å²) in [7, 11) is 0. The van der Waals surface area contributed by atoms with Gasteiger partial charge in [0.15, 0.2) is 5.82 Å². The minimum Gasteiger partial charge on any atom is -0.306 e. The molecule has 0 saturated heterocycles. The molecule has 1 fully saturated rings. The lowest BCUT2D eigenvalue weighted by Crippen LogP contribution is -2.18. The van der Waals surface area contributed by atoms with Gasteiger partial charge in [0.2, 0.25) is 0 Å². The molecule has 0 spiro atoms. The number of nitrogens with zero attached hydrogens (tertiary/aromatic N) is 5. The molecule has 2 aliphatic heterocycles. The third kappa shape index (κ3) is 3.26. The molecule has 1 aliphatic carbocycles. The summed E-state index contributed by atoms with van der Waals surface area (Å²) in [6.07, 6.45) is 11.5. The van der Waals surface area contributed by atoms with Crippen LogP contribution in [0.4, 0.5) is 0 Å². The van der Waals surface area contributed by atoms with E-state index in [1.54, 1.807) is 12.5 Å². The maximum atomic E-state index is 12.8. The number of H-pyrrole nitrogens is 1. The van der Waals surface area contributed by atoms with E-state index in [9.17, 15) is 4.79 Å². The van der Waals surface area contributed by atoms with E-state index >= 15 is 0 Å². The third-order valence-electron chi connectivity index (χ3n) is 5.83. The van der Waals surface area contributed by atoms with Crippen molar-refractivity contribution < 1.29 is 0 Å². The van der Waals surface area contributed by atoms with Gasteiger partial charge in [-0.3, -0.25) is 14.6 Å². The summed E-state index contributed by atoms with van der Waals surface area (Å²) in [5, 5.41) is 3.44. The summed E-state index contributed by atoms with van der Waals surface area (Å²) < 4.78 is 4.08. The Kier molecular flexibility index (Phi) is 4.50. The summed E-state index contributed by atoms with van der Waals surface area (Å²) in [6.45, 7) is 2.05. The second-order valence-electron chi connectivity index (χ2n) is 7.71. The minimum absolute atomic E-state index is 0.176. The van der Waals surface area contributed by atoms with Gasteiger partial charge in [-0.2, -0.15) is 4.98 Å². The van der Waals surface area contributed by atoms with Gasteiger partial charge in [0, 0.05) is 30.2 Å². The Hall–Kier alpha value is -3.22. The van der Waals surface area contributed by atoms with E-state index in [0.717, 1.165) is 42.0 Å². The number of nitrogens with one attached hydrogen (secondary N) is 1. The number of rotatable bonds is 5. The van der Waals surface area contributed by atoms with Crippen LogP contribution in [-0.2, 0) is 12.8 Å². The molecule has 1 N–H and O–H groups in total. The van der Waals surface area contributed by atoms with Crippen LogP contribution in [0.25, 0.3) is 17.1 Å². The maximum absolute atomic E-state index is 12.8. The van der Waals surface area contributed by atoms with Crippen LogP contribution in [0.5, 0.6) is 0 Å². The van der Waals surface area contributed by atoms with Gasteiger partial charge in [0.25, 0.3) is 5.56 Å². The summed E-state index contributed by atoms with van der Waals surface area (Å²) in [5.74, 6) is 1.34. The van der Waals surface area contributed by atoms with Gasteiger partial charge in [-0.15, -0.1) is 0 Å². The Labute approximate surface area is 168 Å². The van der Waals surface area contributed by atoms with Crippen molar-refractivity contribution in [2.75, 3.05) is 0 Å². The molecule has 1 saturated carbocycles. The van der Waals surface area contributed by atoms with Crippen LogP contribution in [-0.4, -0.2) is 29.3 Å². The zero-order valence-corrected chi connectivity index (χ0v) is 16.5. The molecule has 7 heteroatoms. The SMILES string of the molecule is CCc1[nH]n(C2CCCC2)c2nc(Cc3ccc(-n4ccnc4)cc3)nc(=O)c1-2. The highest BCUT2D eigenvalue weighted by Gasteiger charge is 2.27. The van der Waals surface area contributed by atoms with E-state index in [4.69, 9.17) is 4.98 Å². The normalized spacial score (nSPS) is 14.8. The zero-order valence-electron chi connectivity index (χ0n) is 16.5. The fourth-order valence-corrected chi connectivity index (χ4v) is 4.31. The first-order chi connectivity index (χ1) is 14.2. The van der Waals surface area contributed by atoms with E-state index in [2.05, 4.69) is 26.7 Å². The number of fused-ring (bicyclic) bond motifs is 1. The second kappa shape index (κ2) is 7.31. The topological polar surface area (TPSA) is 81.4 Å². The Balaban J connectivity index is 1.49. The average molecular weight is 388 g/mol. The number of benzene rings is 1. The van der Waals surface area contributed by atoms with Gasteiger partial charge >= 0.3 is 0 Å². The predicted octanol–water partition coefficient (Wildman–Crippen LogP) is 3.53. The monoisotopic (exact) mass is 388 g/mol. The molecule has 0 atom stereocenters. The molecule has 0 unspecified atom stereocenters. The average Bonchev–Trinajstić information content (AvgIpc) is 3.49. The van der Waals surface area contributed by atoms with Crippen LogP contribution in [0.3, 0.4) is 0 Å². The molecule has 3 aliphatic rings. The Bertz CT molecular complexity index is 1130. The molecular weight excluding hydrogens is 364 g/mol. The number of hydrogen-bond acceptors (Lipinski definition) is 4. The van der Waals surface area contributed by atoms with Gasteiger partial charge in [-0.05, 0) is 37.0 Å². The standard InChI is InChI=1S/C22H24N6O/c1-2-18-20-21(28(26-18)17-5-3-4-6-17)24-19(25-22(20)29)13-15-7-9-16(10-8-15)27-12-11-23-14-27/h7-12,14,17,26H,2-6,13H2,1H3. The highest BCUT2D eigenvalue weighted by molar-refractivity contribution is 5.59. The molecule has 0 bridgehead atoms. The first-order valence-electron chi connectivity index (χ1n) is 10.3. The zero-order chi connectivity index (χ0) is 19.8. The summed E-state index contributed by atoms with van der Waals surface area (Å²) in [4.78, 5) is 26.0. The smallest absolute Gasteiger partial charge is 0.284 e. The first-order valence-corrected chi connectivity index (χ1v) is 10.3. The predicted molar refractivity (Wildman–Crippen MR) is 111 cm³/mol. The van der Waals surface area contributed by atoms with Crippen molar-refractivity contribution in [3.05, 3.63) is 70.4 Å². The summed E-state index contributed by atoms with van der Waals surface area (Å²) >= 11 is 0. The first kappa shape index (κ1) is 17.8. The van der Waals surface area contributed by atoms with Gasteiger partial charge in [-0.25, -0.2) is 9.97 Å². The molecule has 0 amide bonds. The van der Waals surface area contributed by atoms with Crippen LogP contribution in [0, 0.1) is 0 Å². The Morgan fingerprint density at radius 3 is 2.62 bits per heavy atom. The van der Waals surface area contributed by atoms with Crippen molar-refractivity contribution in [2.24, 2.45) is 0 Å². The quantitative estimate of drug-likeness (QED) is 0.567. The highest BCUT2D eigenvalue weighted by atomic mass is 16.1. The van der Waals surface area contributed by atoms with Gasteiger partial charge in [0.1, 0.15) is 11.4 Å². The van der Waals surface area contributed by atoms with Gasteiger partial charge in [-0.1, -0.05) is 31.9 Å². The maximum Gasteiger partial charge on any atom is 0.284 e. The largest absolute Gasteiger partial charge is 0.306 e. The Morgan fingerprint density at radius 2 is 1.93 bits per heavy atom. The molecular formula is C22H24N6O. The molecule has 1 aromatic carbocycles. The molecule has 7 nitrogen and oxygen atoms in total. The van der Waals surface area contributed by atoms with Gasteiger partial charge < -0.3 is 4.57 Å². The number of hydrogen-bond donors (Lipinski definition) is 1. The Morgan fingerprint density at radius 1 is 1.14 bits per heavy atom. The van der Waals surface area contributed by atoms with E-state index in [-0.39, 0.29) is 5.56 Å². The number of imidazole rings is 1. The van der Waals surface area contributed by atoms with Gasteiger partial charge in [0.05, 0.1) is 12.4 Å². The highest BCUT2D eigenvalue weighted by Crippen LogP contribution is 2.33. The van der Waals surface area contributed by atoms with Crippen molar-refractivity contribution in [2.45, 2.75) is 51.5 Å². The van der Waals surface area contributed by atoms with E-state index in [0.29, 0.717) is 23.9 Å². The van der Waals surface area contributed by atoms with Crippen LogP contribution in [0.15, 0.2) is 47.8 Å². The summed E-state index contributed by atoms with van der Waals surface area (Å²) in [6, 6.07) is 8.57.